The zero-order chi connectivity index (χ0) is 11.4. The minimum Gasteiger partial charge on any atom is -0.508 e. The molecule has 4 N–H and O–H groups in total. The Hall–Kier alpha value is -1.55. The molecule has 0 aliphatic rings. The van der Waals surface area contributed by atoms with E-state index in [0.29, 0.717) is 12.2 Å². The Morgan fingerprint density at radius 2 is 2.27 bits per heavy atom. The molecule has 4 heteroatoms. The van der Waals surface area contributed by atoms with Crippen LogP contribution in [0.2, 0.25) is 0 Å². The minimum absolute atomic E-state index is 0.138. The van der Waals surface area contributed by atoms with Crippen molar-refractivity contribution in [1.29, 1.82) is 0 Å². The third-order valence-corrected chi connectivity index (χ3v) is 2.28. The highest BCUT2D eigenvalue weighted by Crippen LogP contribution is 2.21. The SMILES string of the molecule is Cc1ccc(NC(=O)C(C)CN)cc1O. The van der Waals surface area contributed by atoms with Crippen LogP contribution in [0.25, 0.3) is 0 Å². The molecule has 0 saturated carbocycles. The molecule has 1 atom stereocenters. The fourth-order valence-electron chi connectivity index (χ4n) is 1.06. The molecule has 0 aromatic heterocycles. The Morgan fingerprint density at radius 3 is 2.80 bits per heavy atom. The van der Waals surface area contributed by atoms with E-state index < -0.39 is 0 Å². The van der Waals surface area contributed by atoms with Crippen LogP contribution in [0.1, 0.15) is 12.5 Å². The molecule has 0 radical (unpaired) electrons. The molecule has 1 amide bonds. The van der Waals surface area contributed by atoms with Crippen LogP contribution in [0, 0.1) is 12.8 Å². The largest absolute Gasteiger partial charge is 0.508 e. The number of nitrogens with two attached hydrogens (primary N) is 1. The standard InChI is InChI=1S/C11H16N2O2/c1-7-3-4-9(5-10(7)14)13-11(15)8(2)6-12/h3-5,8,14H,6,12H2,1-2H3,(H,13,15). The van der Waals surface area contributed by atoms with E-state index in [1.165, 1.54) is 6.07 Å². The van der Waals surface area contributed by atoms with E-state index in [-0.39, 0.29) is 17.6 Å². The number of phenols is 1. The predicted molar refractivity (Wildman–Crippen MR) is 59.7 cm³/mol. The van der Waals surface area contributed by atoms with Crippen LogP contribution in [0.15, 0.2) is 18.2 Å². The van der Waals surface area contributed by atoms with E-state index in [0.717, 1.165) is 5.56 Å². The molecule has 4 nitrogen and oxygen atoms in total. The van der Waals surface area contributed by atoms with Crippen molar-refractivity contribution in [3.05, 3.63) is 23.8 Å². The maximum atomic E-state index is 11.5. The fraction of sp³-hybridized carbons (Fsp3) is 0.364. The molecule has 1 aromatic rings. The van der Waals surface area contributed by atoms with E-state index in [4.69, 9.17) is 5.73 Å². The van der Waals surface area contributed by atoms with E-state index in [9.17, 15) is 9.90 Å². The van der Waals surface area contributed by atoms with Crippen molar-refractivity contribution in [3.63, 3.8) is 0 Å². The van der Waals surface area contributed by atoms with Crippen molar-refractivity contribution in [2.24, 2.45) is 11.7 Å². The number of phenolic OH excluding ortho intramolecular Hbond substituents is 1. The molecule has 0 spiro atoms. The summed E-state index contributed by atoms with van der Waals surface area (Å²) in [6, 6.07) is 5.02. The topological polar surface area (TPSA) is 75.4 Å². The molecule has 0 saturated heterocycles. The Labute approximate surface area is 89.1 Å². The maximum Gasteiger partial charge on any atom is 0.228 e. The normalized spacial score (nSPS) is 12.2. The van der Waals surface area contributed by atoms with Crippen LogP contribution in [-0.4, -0.2) is 17.6 Å². The number of hydrogen-bond donors (Lipinski definition) is 3. The lowest BCUT2D eigenvalue weighted by Crippen LogP contribution is -2.26. The second-order valence-electron chi connectivity index (χ2n) is 3.63. The van der Waals surface area contributed by atoms with Gasteiger partial charge in [0.2, 0.25) is 5.91 Å². The molecule has 82 valence electrons. The van der Waals surface area contributed by atoms with Gasteiger partial charge in [0.25, 0.3) is 0 Å². The number of carbonyl (C=O) groups is 1. The van der Waals surface area contributed by atoms with E-state index in [2.05, 4.69) is 5.32 Å². The van der Waals surface area contributed by atoms with Gasteiger partial charge in [0.05, 0.1) is 0 Å². The highest BCUT2D eigenvalue weighted by atomic mass is 16.3. The van der Waals surface area contributed by atoms with Crippen molar-refractivity contribution in [2.75, 3.05) is 11.9 Å². The van der Waals surface area contributed by atoms with Crippen LogP contribution in [0.3, 0.4) is 0 Å². The zero-order valence-electron chi connectivity index (χ0n) is 8.95. The van der Waals surface area contributed by atoms with Gasteiger partial charge in [-0.25, -0.2) is 0 Å². The number of hydrogen-bond acceptors (Lipinski definition) is 3. The average molecular weight is 208 g/mol. The predicted octanol–water partition coefficient (Wildman–Crippen LogP) is 1.23. The van der Waals surface area contributed by atoms with Crippen LogP contribution in [0.5, 0.6) is 5.75 Å². The van der Waals surface area contributed by atoms with Gasteiger partial charge in [0, 0.05) is 24.2 Å². The molecule has 0 fully saturated rings. The van der Waals surface area contributed by atoms with Gasteiger partial charge in [0.1, 0.15) is 5.75 Å². The molecule has 15 heavy (non-hydrogen) atoms. The monoisotopic (exact) mass is 208 g/mol. The molecule has 0 bridgehead atoms. The molecule has 0 heterocycles. The molecule has 1 unspecified atom stereocenters. The molecule has 1 aromatic carbocycles. The first-order chi connectivity index (χ1) is 7.04. The van der Waals surface area contributed by atoms with Crippen LogP contribution in [0.4, 0.5) is 5.69 Å². The van der Waals surface area contributed by atoms with Gasteiger partial charge in [-0.15, -0.1) is 0 Å². The number of anilines is 1. The lowest BCUT2D eigenvalue weighted by Gasteiger charge is -2.10. The quantitative estimate of drug-likeness (QED) is 0.699. The Morgan fingerprint density at radius 1 is 1.60 bits per heavy atom. The summed E-state index contributed by atoms with van der Waals surface area (Å²) in [6.45, 7) is 3.86. The zero-order valence-corrected chi connectivity index (χ0v) is 8.95. The van der Waals surface area contributed by atoms with Gasteiger partial charge in [0.15, 0.2) is 0 Å². The van der Waals surface area contributed by atoms with Gasteiger partial charge in [-0.05, 0) is 18.6 Å². The summed E-state index contributed by atoms with van der Waals surface area (Å²) in [5.41, 5.74) is 6.73. The molecule has 1 rings (SSSR count). The van der Waals surface area contributed by atoms with Crippen molar-refractivity contribution in [2.45, 2.75) is 13.8 Å². The third-order valence-electron chi connectivity index (χ3n) is 2.28. The van der Waals surface area contributed by atoms with Gasteiger partial charge < -0.3 is 16.2 Å². The van der Waals surface area contributed by atoms with Crippen LogP contribution < -0.4 is 11.1 Å². The number of nitrogens with one attached hydrogen (secondary N) is 1. The van der Waals surface area contributed by atoms with E-state index in [1.807, 2.05) is 0 Å². The third kappa shape index (κ3) is 2.95. The summed E-state index contributed by atoms with van der Waals surface area (Å²) in [6.07, 6.45) is 0. The van der Waals surface area contributed by atoms with Gasteiger partial charge in [-0.2, -0.15) is 0 Å². The van der Waals surface area contributed by atoms with E-state index >= 15 is 0 Å². The minimum atomic E-state index is -0.228. The maximum absolute atomic E-state index is 11.5. The second kappa shape index (κ2) is 4.79. The Bertz CT molecular complexity index is 364. The fourth-order valence-corrected chi connectivity index (χ4v) is 1.06. The first-order valence-electron chi connectivity index (χ1n) is 4.85. The lowest BCUT2D eigenvalue weighted by atomic mass is 10.1. The number of carbonyl (C=O) groups excluding carboxylic acids is 1. The summed E-state index contributed by atoms with van der Waals surface area (Å²) in [4.78, 5) is 11.5. The summed E-state index contributed by atoms with van der Waals surface area (Å²) in [5, 5.41) is 12.1. The van der Waals surface area contributed by atoms with E-state index in [1.54, 1.807) is 26.0 Å². The molecule has 0 aliphatic carbocycles. The van der Waals surface area contributed by atoms with Crippen LogP contribution >= 0.6 is 0 Å². The summed E-state index contributed by atoms with van der Waals surface area (Å²) in [5.74, 6) is -0.192. The number of aromatic hydroxyl groups is 1. The highest BCUT2D eigenvalue weighted by molar-refractivity contribution is 5.92. The smallest absolute Gasteiger partial charge is 0.228 e. The summed E-state index contributed by atoms with van der Waals surface area (Å²) in [7, 11) is 0. The van der Waals surface area contributed by atoms with Crippen molar-refractivity contribution < 1.29 is 9.90 Å². The van der Waals surface area contributed by atoms with Gasteiger partial charge in [-0.1, -0.05) is 13.0 Å². The lowest BCUT2D eigenvalue weighted by molar-refractivity contribution is -0.119. The summed E-state index contributed by atoms with van der Waals surface area (Å²) >= 11 is 0. The Balaban J connectivity index is 2.73. The number of rotatable bonds is 3. The Kier molecular flexibility index (Phi) is 3.68. The number of benzene rings is 1. The number of amides is 1. The van der Waals surface area contributed by atoms with Gasteiger partial charge in [-0.3, -0.25) is 4.79 Å². The first-order valence-corrected chi connectivity index (χ1v) is 4.85. The summed E-state index contributed by atoms with van der Waals surface area (Å²) < 4.78 is 0. The van der Waals surface area contributed by atoms with Crippen molar-refractivity contribution in [3.8, 4) is 5.75 Å². The van der Waals surface area contributed by atoms with Crippen molar-refractivity contribution in [1.82, 2.24) is 0 Å². The molecular weight excluding hydrogens is 192 g/mol. The first kappa shape index (κ1) is 11.5. The average Bonchev–Trinajstić information content (AvgIpc) is 2.22. The second-order valence-corrected chi connectivity index (χ2v) is 3.63. The number of aryl methyl sites for hydroxylation is 1. The van der Waals surface area contributed by atoms with Crippen LogP contribution in [-0.2, 0) is 4.79 Å². The van der Waals surface area contributed by atoms with Gasteiger partial charge >= 0.3 is 0 Å². The van der Waals surface area contributed by atoms with Crippen molar-refractivity contribution >= 4 is 11.6 Å². The molecular formula is C11H16N2O2. The molecule has 0 aliphatic heterocycles. The highest BCUT2D eigenvalue weighted by Gasteiger charge is 2.11.